The van der Waals surface area contributed by atoms with Gasteiger partial charge in [0.2, 0.25) is 0 Å². The number of hydrogen-bond donors (Lipinski definition) is 1. The molecule has 0 spiro atoms. The molecule has 2 aromatic carbocycles. The average Bonchev–Trinajstić information content (AvgIpc) is 2.44. The van der Waals surface area contributed by atoms with E-state index in [1.165, 1.54) is 12.1 Å². The third kappa shape index (κ3) is 4.22. The Morgan fingerprint density at radius 1 is 1.10 bits per heavy atom. The molecule has 2 aromatic rings. The molecule has 1 nitrogen and oxygen atoms in total. The van der Waals surface area contributed by atoms with Crippen molar-refractivity contribution in [3.05, 3.63) is 70.2 Å². The number of benzene rings is 2. The van der Waals surface area contributed by atoms with Crippen LogP contribution in [0, 0.1) is 0 Å². The summed E-state index contributed by atoms with van der Waals surface area (Å²) in [6, 6.07) is 12.8. The Hall–Kier alpha value is -1.52. The molecule has 0 amide bonds. The van der Waals surface area contributed by atoms with Crippen molar-refractivity contribution < 1.29 is 13.2 Å². The van der Waals surface area contributed by atoms with Gasteiger partial charge in [-0.2, -0.15) is 13.2 Å². The maximum absolute atomic E-state index is 12.9. The van der Waals surface area contributed by atoms with Gasteiger partial charge in [0.1, 0.15) is 0 Å². The van der Waals surface area contributed by atoms with E-state index in [1.807, 2.05) is 19.1 Å². The van der Waals surface area contributed by atoms with E-state index in [9.17, 15) is 13.2 Å². The standard InChI is InChI=1S/C16H15ClF3N/c1-11(12-6-4-7-14(17)9-12)21-10-13-5-2-3-8-15(13)16(18,19)20/h2-9,11,21H,10H2,1H3. The molecule has 112 valence electrons. The van der Waals surface area contributed by atoms with Crippen molar-refractivity contribution in [3.8, 4) is 0 Å². The van der Waals surface area contributed by atoms with Gasteiger partial charge >= 0.3 is 6.18 Å². The van der Waals surface area contributed by atoms with Gasteiger partial charge in [-0.15, -0.1) is 0 Å². The van der Waals surface area contributed by atoms with Crippen LogP contribution in [0.2, 0.25) is 5.02 Å². The predicted octanol–water partition coefficient (Wildman–Crippen LogP) is 5.21. The Morgan fingerprint density at radius 3 is 2.48 bits per heavy atom. The van der Waals surface area contributed by atoms with Crippen LogP contribution in [0.4, 0.5) is 13.2 Å². The molecule has 0 saturated carbocycles. The van der Waals surface area contributed by atoms with E-state index in [0.717, 1.165) is 11.6 Å². The quantitative estimate of drug-likeness (QED) is 0.817. The highest BCUT2D eigenvalue weighted by Crippen LogP contribution is 2.32. The SMILES string of the molecule is CC(NCc1ccccc1C(F)(F)F)c1cccc(Cl)c1. The van der Waals surface area contributed by atoms with Gasteiger partial charge in [-0.3, -0.25) is 0 Å². The molecule has 0 aliphatic carbocycles. The van der Waals surface area contributed by atoms with Crippen LogP contribution in [0.15, 0.2) is 48.5 Å². The number of alkyl halides is 3. The molecule has 0 heterocycles. The maximum atomic E-state index is 12.9. The Labute approximate surface area is 126 Å². The topological polar surface area (TPSA) is 12.0 Å². The number of hydrogen-bond acceptors (Lipinski definition) is 1. The van der Waals surface area contributed by atoms with Gasteiger partial charge in [0.05, 0.1) is 5.56 Å². The molecule has 0 aliphatic heterocycles. The Morgan fingerprint density at radius 2 is 1.81 bits per heavy atom. The van der Waals surface area contributed by atoms with Crippen LogP contribution in [-0.4, -0.2) is 0 Å². The van der Waals surface area contributed by atoms with Crippen LogP contribution in [0.25, 0.3) is 0 Å². The first-order valence-electron chi connectivity index (χ1n) is 6.52. The van der Waals surface area contributed by atoms with Crippen molar-refractivity contribution in [2.24, 2.45) is 0 Å². The maximum Gasteiger partial charge on any atom is 0.416 e. The molecule has 0 saturated heterocycles. The first-order chi connectivity index (χ1) is 9.88. The van der Waals surface area contributed by atoms with E-state index in [0.29, 0.717) is 5.02 Å². The van der Waals surface area contributed by atoms with Crippen molar-refractivity contribution in [2.45, 2.75) is 25.7 Å². The summed E-state index contributed by atoms with van der Waals surface area (Å²) >= 11 is 5.91. The van der Waals surface area contributed by atoms with Gasteiger partial charge in [-0.05, 0) is 36.2 Å². The van der Waals surface area contributed by atoms with E-state index in [4.69, 9.17) is 11.6 Å². The first-order valence-corrected chi connectivity index (χ1v) is 6.89. The van der Waals surface area contributed by atoms with Crippen molar-refractivity contribution in [2.75, 3.05) is 0 Å². The third-order valence-electron chi connectivity index (χ3n) is 3.27. The second kappa shape index (κ2) is 6.50. The summed E-state index contributed by atoms with van der Waals surface area (Å²) in [5.74, 6) is 0. The summed E-state index contributed by atoms with van der Waals surface area (Å²) in [7, 11) is 0. The second-order valence-electron chi connectivity index (χ2n) is 4.81. The smallest absolute Gasteiger partial charge is 0.306 e. The van der Waals surface area contributed by atoms with Gasteiger partial charge in [0.15, 0.2) is 0 Å². The molecule has 21 heavy (non-hydrogen) atoms. The number of nitrogens with one attached hydrogen (secondary N) is 1. The zero-order valence-corrected chi connectivity index (χ0v) is 12.2. The van der Waals surface area contributed by atoms with Crippen LogP contribution in [0.1, 0.15) is 29.7 Å². The Balaban J connectivity index is 2.10. The minimum Gasteiger partial charge on any atom is -0.306 e. The molecule has 0 aliphatic rings. The molecule has 0 fully saturated rings. The minimum atomic E-state index is -4.34. The molecule has 0 radical (unpaired) electrons. The Bertz CT molecular complexity index is 610. The van der Waals surface area contributed by atoms with Gasteiger partial charge < -0.3 is 5.32 Å². The fraction of sp³-hybridized carbons (Fsp3) is 0.250. The van der Waals surface area contributed by atoms with E-state index < -0.39 is 11.7 Å². The van der Waals surface area contributed by atoms with E-state index in [2.05, 4.69) is 5.32 Å². The molecule has 1 N–H and O–H groups in total. The number of halogens is 4. The van der Waals surface area contributed by atoms with Crippen molar-refractivity contribution in [1.82, 2.24) is 5.32 Å². The monoisotopic (exact) mass is 313 g/mol. The molecular weight excluding hydrogens is 299 g/mol. The second-order valence-corrected chi connectivity index (χ2v) is 5.25. The average molecular weight is 314 g/mol. The van der Waals surface area contributed by atoms with Crippen LogP contribution in [0.5, 0.6) is 0 Å². The fourth-order valence-corrected chi connectivity index (χ4v) is 2.31. The lowest BCUT2D eigenvalue weighted by Crippen LogP contribution is -2.20. The van der Waals surface area contributed by atoms with Crippen LogP contribution in [0.3, 0.4) is 0 Å². The third-order valence-corrected chi connectivity index (χ3v) is 3.51. The largest absolute Gasteiger partial charge is 0.416 e. The van der Waals surface area contributed by atoms with Crippen LogP contribution >= 0.6 is 11.6 Å². The molecule has 0 aromatic heterocycles. The van der Waals surface area contributed by atoms with Crippen molar-refractivity contribution in [3.63, 3.8) is 0 Å². The molecule has 0 bridgehead atoms. The first kappa shape index (κ1) is 15.9. The van der Waals surface area contributed by atoms with Gasteiger partial charge in [0, 0.05) is 17.6 Å². The van der Waals surface area contributed by atoms with Gasteiger partial charge in [-0.25, -0.2) is 0 Å². The van der Waals surface area contributed by atoms with Crippen molar-refractivity contribution >= 4 is 11.6 Å². The summed E-state index contributed by atoms with van der Waals surface area (Å²) in [6.45, 7) is 2.03. The summed E-state index contributed by atoms with van der Waals surface area (Å²) in [4.78, 5) is 0. The summed E-state index contributed by atoms with van der Waals surface area (Å²) in [5.41, 5.74) is 0.571. The molecule has 2 rings (SSSR count). The van der Waals surface area contributed by atoms with Crippen LogP contribution < -0.4 is 5.32 Å². The zero-order chi connectivity index (χ0) is 15.5. The summed E-state index contributed by atoms with van der Waals surface area (Å²) in [5, 5.41) is 3.70. The molecular formula is C16H15ClF3N. The predicted molar refractivity (Wildman–Crippen MR) is 78.2 cm³/mol. The minimum absolute atomic E-state index is 0.0926. The summed E-state index contributed by atoms with van der Waals surface area (Å²) < 4.78 is 38.7. The molecule has 1 unspecified atom stereocenters. The lowest BCUT2D eigenvalue weighted by molar-refractivity contribution is -0.138. The van der Waals surface area contributed by atoms with Gasteiger partial charge in [-0.1, -0.05) is 41.9 Å². The highest BCUT2D eigenvalue weighted by atomic mass is 35.5. The fourth-order valence-electron chi connectivity index (χ4n) is 2.11. The normalized spacial score (nSPS) is 13.2. The van der Waals surface area contributed by atoms with E-state index >= 15 is 0 Å². The lowest BCUT2D eigenvalue weighted by atomic mass is 10.1. The van der Waals surface area contributed by atoms with Crippen molar-refractivity contribution in [1.29, 1.82) is 0 Å². The number of rotatable bonds is 4. The zero-order valence-electron chi connectivity index (χ0n) is 11.4. The van der Waals surface area contributed by atoms with Crippen LogP contribution in [-0.2, 0) is 12.7 Å². The highest BCUT2D eigenvalue weighted by Gasteiger charge is 2.32. The lowest BCUT2D eigenvalue weighted by Gasteiger charge is -2.17. The molecule has 1 atom stereocenters. The highest BCUT2D eigenvalue weighted by molar-refractivity contribution is 6.30. The van der Waals surface area contributed by atoms with Gasteiger partial charge in [0.25, 0.3) is 0 Å². The molecule has 5 heteroatoms. The summed E-state index contributed by atoms with van der Waals surface area (Å²) in [6.07, 6.45) is -4.34. The van der Waals surface area contributed by atoms with E-state index in [1.54, 1.807) is 18.2 Å². The van der Waals surface area contributed by atoms with E-state index in [-0.39, 0.29) is 18.2 Å². The Kier molecular flexibility index (Phi) is 4.91.